The van der Waals surface area contributed by atoms with Gasteiger partial charge in [-0.3, -0.25) is 0 Å². The van der Waals surface area contributed by atoms with E-state index in [1.807, 2.05) is 0 Å². The molecular formula is C51H48N2. The lowest BCUT2D eigenvalue weighted by Gasteiger charge is -2.29. The zero-order chi connectivity index (χ0) is 36.1. The largest absolute Gasteiger partial charge is 0.310 e. The molecule has 0 N–H and O–H groups in total. The van der Waals surface area contributed by atoms with Crippen molar-refractivity contribution in [1.29, 1.82) is 0 Å². The Hall–Kier alpha value is -5.86. The molecule has 0 saturated heterocycles. The van der Waals surface area contributed by atoms with Crippen molar-refractivity contribution in [1.82, 2.24) is 0 Å². The van der Waals surface area contributed by atoms with Crippen LogP contribution in [-0.4, -0.2) is 0 Å². The molecule has 0 heterocycles. The zero-order valence-corrected chi connectivity index (χ0v) is 31.1. The standard InChI is InChI=1S/C51H48N2/c1-37-17-29-45(30-18-37)52(50-15-8-6-4-5-7-11-39(50)3)47-33-25-42(26-34-47)40-21-23-41(24-22-40)43-27-35-48(36-28-43)53(46-31-19-38(2)20-32-46)51-16-10-13-44-12-9-14-49(44)51/h6,8,10,13,15-36H,3-5,7,9,11-12,14H2,1-2H3/b8-6-,50-15+. The van der Waals surface area contributed by atoms with Crippen molar-refractivity contribution in [2.75, 3.05) is 9.80 Å². The maximum atomic E-state index is 4.54. The molecule has 53 heavy (non-hydrogen) atoms. The Bertz CT molecular complexity index is 2250. The molecule has 262 valence electrons. The second-order valence-corrected chi connectivity index (χ2v) is 14.6. The fraction of sp³-hybridized carbons (Fsp3) is 0.176. The number of anilines is 5. The minimum Gasteiger partial charge on any atom is -0.310 e. The maximum absolute atomic E-state index is 4.54. The van der Waals surface area contributed by atoms with E-state index in [1.165, 1.54) is 86.4 Å². The van der Waals surface area contributed by atoms with E-state index in [1.54, 1.807) is 0 Å². The molecule has 2 heteroatoms. The number of benzene rings is 6. The van der Waals surface area contributed by atoms with Crippen molar-refractivity contribution < 1.29 is 0 Å². The molecular weight excluding hydrogens is 641 g/mol. The second kappa shape index (κ2) is 15.4. The van der Waals surface area contributed by atoms with Gasteiger partial charge in [-0.1, -0.05) is 115 Å². The molecule has 0 unspecified atom stereocenters. The zero-order valence-electron chi connectivity index (χ0n) is 31.1. The summed E-state index contributed by atoms with van der Waals surface area (Å²) in [6, 6.07) is 51.5. The number of allylic oxidation sites excluding steroid dienone is 4. The van der Waals surface area contributed by atoms with E-state index >= 15 is 0 Å². The predicted molar refractivity (Wildman–Crippen MR) is 227 cm³/mol. The smallest absolute Gasteiger partial charge is 0.0496 e. The van der Waals surface area contributed by atoms with E-state index in [-0.39, 0.29) is 0 Å². The van der Waals surface area contributed by atoms with Gasteiger partial charge in [-0.05, 0) is 158 Å². The Morgan fingerprint density at radius 1 is 0.472 bits per heavy atom. The summed E-state index contributed by atoms with van der Waals surface area (Å²) in [7, 11) is 0. The van der Waals surface area contributed by atoms with Gasteiger partial charge in [0.15, 0.2) is 0 Å². The molecule has 6 aromatic carbocycles. The van der Waals surface area contributed by atoms with Gasteiger partial charge in [-0.25, -0.2) is 0 Å². The molecule has 0 radical (unpaired) electrons. The van der Waals surface area contributed by atoms with Crippen molar-refractivity contribution in [3.05, 3.63) is 198 Å². The molecule has 0 fully saturated rings. The lowest BCUT2D eigenvalue weighted by atomic mass is 9.99. The Morgan fingerprint density at radius 3 is 1.51 bits per heavy atom. The first kappa shape index (κ1) is 34.2. The Kier molecular flexibility index (Phi) is 9.95. The van der Waals surface area contributed by atoms with Gasteiger partial charge in [0, 0.05) is 34.1 Å². The highest BCUT2D eigenvalue weighted by Crippen LogP contribution is 2.41. The van der Waals surface area contributed by atoms with E-state index < -0.39 is 0 Å². The summed E-state index contributed by atoms with van der Waals surface area (Å²) in [6.07, 6.45) is 14.7. The van der Waals surface area contributed by atoms with Crippen LogP contribution in [0.4, 0.5) is 28.4 Å². The molecule has 0 saturated carbocycles. The van der Waals surface area contributed by atoms with Crippen LogP contribution in [0.25, 0.3) is 22.3 Å². The Labute approximate surface area is 316 Å². The van der Waals surface area contributed by atoms with Crippen LogP contribution in [0.15, 0.2) is 176 Å². The minimum atomic E-state index is 1.00. The lowest BCUT2D eigenvalue weighted by molar-refractivity contribution is 0.747. The normalized spacial score (nSPS) is 15.7. The van der Waals surface area contributed by atoms with Gasteiger partial charge >= 0.3 is 0 Å². The number of nitrogens with zero attached hydrogens (tertiary/aromatic N) is 2. The Balaban J connectivity index is 1.05. The van der Waals surface area contributed by atoms with E-state index in [9.17, 15) is 0 Å². The Morgan fingerprint density at radius 2 is 0.962 bits per heavy atom. The van der Waals surface area contributed by atoms with E-state index in [0.717, 1.165) is 42.8 Å². The maximum Gasteiger partial charge on any atom is 0.0496 e. The first-order valence-corrected chi connectivity index (χ1v) is 19.2. The number of fused-ring (bicyclic) bond motifs is 1. The molecule has 2 nitrogen and oxygen atoms in total. The molecule has 2 aliphatic carbocycles. The first-order chi connectivity index (χ1) is 26.0. The summed E-state index contributed by atoms with van der Waals surface area (Å²) in [5, 5.41) is 0. The molecule has 2 aliphatic rings. The van der Waals surface area contributed by atoms with Crippen molar-refractivity contribution in [2.45, 2.75) is 58.8 Å². The fourth-order valence-electron chi connectivity index (χ4n) is 7.85. The third-order valence-electron chi connectivity index (χ3n) is 10.8. The SMILES string of the molecule is C=C1CCCC/C=C\C=C/1N(c1ccc(C)cc1)c1ccc(-c2ccc(-c3ccc(N(c4ccc(C)cc4)c4cccc5c4CCC5)cc3)cc2)cc1. The van der Waals surface area contributed by atoms with Crippen LogP contribution < -0.4 is 9.80 Å². The summed E-state index contributed by atoms with van der Waals surface area (Å²) in [5.74, 6) is 0. The van der Waals surface area contributed by atoms with Gasteiger partial charge < -0.3 is 9.80 Å². The van der Waals surface area contributed by atoms with E-state index in [0.29, 0.717) is 0 Å². The molecule has 0 aromatic heterocycles. The molecule has 8 rings (SSSR count). The van der Waals surface area contributed by atoms with Crippen LogP contribution in [0, 0.1) is 13.8 Å². The summed E-state index contributed by atoms with van der Waals surface area (Å²) < 4.78 is 0. The van der Waals surface area contributed by atoms with Crippen LogP contribution in [0.2, 0.25) is 0 Å². The first-order valence-electron chi connectivity index (χ1n) is 19.2. The van der Waals surface area contributed by atoms with Gasteiger partial charge in [0.1, 0.15) is 0 Å². The predicted octanol–water partition coefficient (Wildman–Crippen LogP) is 14.3. The molecule has 0 amide bonds. The van der Waals surface area contributed by atoms with Crippen molar-refractivity contribution in [2.24, 2.45) is 0 Å². The molecule has 0 spiro atoms. The van der Waals surface area contributed by atoms with E-state index in [4.69, 9.17) is 0 Å². The molecule has 0 bridgehead atoms. The quantitative estimate of drug-likeness (QED) is 0.157. The van der Waals surface area contributed by atoms with Crippen LogP contribution in [0.5, 0.6) is 0 Å². The van der Waals surface area contributed by atoms with Crippen molar-refractivity contribution in [3.63, 3.8) is 0 Å². The molecule has 6 aromatic rings. The monoisotopic (exact) mass is 688 g/mol. The average molecular weight is 689 g/mol. The topological polar surface area (TPSA) is 6.48 Å². The number of aryl methyl sites for hydroxylation is 3. The highest BCUT2D eigenvalue weighted by Gasteiger charge is 2.21. The van der Waals surface area contributed by atoms with Gasteiger partial charge in [0.25, 0.3) is 0 Å². The average Bonchev–Trinajstić information content (AvgIpc) is 3.72. The summed E-state index contributed by atoms with van der Waals surface area (Å²) in [6.45, 7) is 8.83. The minimum absolute atomic E-state index is 1.00. The van der Waals surface area contributed by atoms with Crippen molar-refractivity contribution >= 4 is 28.4 Å². The van der Waals surface area contributed by atoms with Crippen molar-refractivity contribution in [3.8, 4) is 22.3 Å². The third kappa shape index (κ3) is 7.41. The number of hydrogen-bond donors (Lipinski definition) is 0. The van der Waals surface area contributed by atoms with Gasteiger partial charge in [-0.2, -0.15) is 0 Å². The summed E-state index contributed by atoms with van der Waals surface area (Å²) in [4.78, 5) is 4.79. The van der Waals surface area contributed by atoms with Gasteiger partial charge in [0.05, 0.1) is 0 Å². The second-order valence-electron chi connectivity index (χ2n) is 14.6. The van der Waals surface area contributed by atoms with Crippen LogP contribution in [0.1, 0.15) is 54.4 Å². The molecule has 0 atom stereocenters. The summed E-state index contributed by atoms with van der Waals surface area (Å²) in [5.41, 5.74) is 18.6. The van der Waals surface area contributed by atoms with Crippen LogP contribution in [-0.2, 0) is 12.8 Å². The highest BCUT2D eigenvalue weighted by atomic mass is 15.2. The fourth-order valence-corrected chi connectivity index (χ4v) is 7.85. The van der Waals surface area contributed by atoms with E-state index in [2.05, 4.69) is 188 Å². The van der Waals surface area contributed by atoms with Gasteiger partial charge in [0.2, 0.25) is 0 Å². The lowest BCUT2D eigenvalue weighted by Crippen LogP contribution is -2.18. The van der Waals surface area contributed by atoms with Crippen LogP contribution in [0.3, 0.4) is 0 Å². The third-order valence-corrected chi connectivity index (χ3v) is 10.8. The summed E-state index contributed by atoms with van der Waals surface area (Å²) >= 11 is 0. The molecule has 0 aliphatic heterocycles. The highest BCUT2D eigenvalue weighted by molar-refractivity contribution is 5.81. The number of rotatable bonds is 8. The van der Waals surface area contributed by atoms with Crippen LogP contribution >= 0.6 is 0 Å². The van der Waals surface area contributed by atoms with Gasteiger partial charge in [-0.15, -0.1) is 0 Å². The number of hydrogen-bond acceptors (Lipinski definition) is 2.